The highest BCUT2D eigenvalue weighted by molar-refractivity contribution is 7.89. The molecule has 0 radical (unpaired) electrons. The molecule has 0 bridgehead atoms. The lowest BCUT2D eigenvalue weighted by atomic mass is 9.98. The van der Waals surface area contributed by atoms with Gasteiger partial charge >= 0.3 is 0 Å². The molecule has 9 heteroatoms. The van der Waals surface area contributed by atoms with E-state index in [0.29, 0.717) is 18.4 Å². The van der Waals surface area contributed by atoms with Crippen LogP contribution in [0.15, 0.2) is 53.4 Å². The highest BCUT2D eigenvalue weighted by Crippen LogP contribution is 2.22. The molecule has 2 aromatic rings. The smallest absolute Gasteiger partial charge is 0.251 e. The Kier molecular flexibility index (Phi) is 8.60. The van der Waals surface area contributed by atoms with Gasteiger partial charge in [0.2, 0.25) is 15.9 Å². The van der Waals surface area contributed by atoms with Crippen molar-refractivity contribution in [2.45, 2.75) is 49.7 Å². The summed E-state index contributed by atoms with van der Waals surface area (Å²) in [5.74, 6) is -0.915. The second-order valence-electron chi connectivity index (χ2n) is 8.32. The molecule has 0 saturated heterocycles. The summed E-state index contributed by atoms with van der Waals surface area (Å²) in [6, 6.07) is 13.1. The van der Waals surface area contributed by atoms with Gasteiger partial charge in [0.1, 0.15) is 0 Å². The average Bonchev–Trinajstić information content (AvgIpc) is 2.82. The van der Waals surface area contributed by atoms with Crippen molar-refractivity contribution in [3.63, 3.8) is 0 Å². The first-order chi connectivity index (χ1) is 15.8. The summed E-state index contributed by atoms with van der Waals surface area (Å²) in [4.78, 5) is 24.8. The predicted molar refractivity (Wildman–Crippen MR) is 126 cm³/mol. The Morgan fingerprint density at radius 2 is 1.76 bits per heavy atom. The van der Waals surface area contributed by atoms with Crippen molar-refractivity contribution in [3.05, 3.63) is 59.7 Å². The van der Waals surface area contributed by atoms with Gasteiger partial charge in [-0.15, -0.1) is 0 Å². The number of hydrogen-bond acceptors (Lipinski definition) is 5. The van der Waals surface area contributed by atoms with Gasteiger partial charge in [0.05, 0.1) is 24.2 Å². The van der Waals surface area contributed by atoms with E-state index < -0.39 is 15.9 Å². The lowest BCUT2D eigenvalue weighted by Crippen LogP contribution is -2.33. The zero-order valence-corrected chi connectivity index (χ0v) is 19.9. The van der Waals surface area contributed by atoms with Crippen LogP contribution in [-0.4, -0.2) is 51.3 Å². The van der Waals surface area contributed by atoms with Crippen molar-refractivity contribution < 1.29 is 22.7 Å². The largest absolute Gasteiger partial charge is 0.374 e. The molecule has 178 valence electrons. The number of amides is 2. The summed E-state index contributed by atoms with van der Waals surface area (Å²) >= 11 is 0. The van der Waals surface area contributed by atoms with Crippen molar-refractivity contribution in [1.82, 2.24) is 9.62 Å². The van der Waals surface area contributed by atoms with Crippen LogP contribution in [0.5, 0.6) is 0 Å². The van der Waals surface area contributed by atoms with Crippen molar-refractivity contribution in [3.8, 4) is 0 Å². The number of sulfonamides is 1. The fourth-order valence-electron chi connectivity index (χ4n) is 3.66. The highest BCUT2D eigenvalue weighted by Gasteiger charge is 2.19. The number of carbonyl (C=O) groups excluding carboxylic acids is 2. The standard InChI is InChI=1S/C24H31N3O5S/c1-27(2)33(30,31)22-13-7-9-19(15-22)24(29)25-16-23(28)26-20-10-6-8-18(14-20)17-32-21-11-4-3-5-12-21/h6-10,13-15,21H,3-5,11-12,16-17H2,1-2H3,(H,25,29)(H,26,28). The van der Waals surface area contributed by atoms with Crippen molar-refractivity contribution in [2.75, 3.05) is 26.0 Å². The minimum atomic E-state index is -3.66. The highest BCUT2D eigenvalue weighted by atomic mass is 32.2. The van der Waals surface area contributed by atoms with E-state index in [-0.39, 0.29) is 22.9 Å². The number of hydrogen-bond donors (Lipinski definition) is 2. The van der Waals surface area contributed by atoms with E-state index in [9.17, 15) is 18.0 Å². The number of anilines is 1. The van der Waals surface area contributed by atoms with Gasteiger partial charge < -0.3 is 15.4 Å². The zero-order valence-electron chi connectivity index (χ0n) is 19.0. The normalized spacial score (nSPS) is 14.8. The first kappa shape index (κ1) is 24.9. The number of rotatable bonds is 9. The van der Waals surface area contributed by atoms with Crippen LogP contribution in [0.1, 0.15) is 48.0 Å². The number of nitrogens with zero attached hydrogens (tertiary/aromatic N) is 1. The lowest BCUT2D eigenvalue weighted by molar-refractivity contribution is -0.115. The van der Waals surface area contributed by atoms with Crippen LogP contribution < -0.4 is 10.6 Å². The van der Waals surface area contributed by atoms with Crippen LogP contribution in [0, 0.1) is 0 Å². The molecule has 8 nitrogen and oxygen atoms in total. The second-order valence-corrected chi connectivity index (χ2v) is 10.5. The van der Waals surface area contributed by atoms with Crippen molar-refractivity contribution >= 4 is 27.5 Å². The van der Waals surface area contributed by atoms with E-state index in [4.69, 9.17) is 4.74 Å². The zero-order chi connectivity index (χ0) is 23.8. The van der Waals surface area contributed by atoms with Gasteiger partial charge in [0.15, 0.2) is 0 Å². The topological polar surface area (TPSA) is 105 Å². The van der Waals surface area contributed by atoms with Gasteiger partial charge in [-0.1, -0.05) is 37.5 Å². The first-order valence-corrected chi connectivity index (χ1v) is 12.5. The van der Waals surface area contributed by atoms with Gasteiger partial charge in [0.25, 0.3) is 5.91 Å². The fraction of sp³-hybridized carbons (Fsp3) is 0.417. The maximum absolute atomic E-state index is 12.4. The second kappa shape index (κ2) is 11.4. The quantitative estimate of drug-likeness (QED) is 0.582. The van der Waals surface area contributed by atoms with Crippen molar-refractivity contribution in [2.24, 2.45) is 0 Å². The molecule has 0 heterocycles. The molecule has 0 unspecified atom stereocenters. The van der Waals surface area contributed by atoms with E-state index >= 15 is 0 Å². The van der Waals surface area contributed by atoms with Crippen LogP contribution in [-0.2, 0) is 26.2 Å². The van der Waals surface area contributed by atoms with Gasteiger partial charge in [-0.2, -0.15) is 0 Å². The van der Waals surface area contributed by atoms with E-state index in [1.165, 1.54) is 57.6 Å². The third-order valence-electron chi connectivity index (χ3n) is 5.53. The summed E-state index contributed by atoms with van der Waals surface area (Å²) in [6.45, 7) is 0.254. The third-order valence-corrected chi connectivity index (χ3v) is 7.34. The van der Waals surface area contributed by atoms with E-state index in [1.54, 1.807) is 6.07 Å². The first-order valence-electron chi connectivity index (χ1n) is 11.1. The Balaban J connectivity index is 1.51. The molecule has 0 atom stereocenters. The number of carbonyl (C=O) groups is 2. The van der Waals surface area contributed by atoms with Crippen LogP contribution in [0.25, 0.3) is 0 Å². The lowest BCUT2D eigenvalue weighted by Gasteiger charge is -2.22. The summed E-state index contributed by atoms with van der Waals surface area (Å²) in [7, 11) is -0.817. The molecular formula is C24H31N3O5S. The van der Waals surface area contributed by atoms with E-state index in [1.807, 2.05) is 18.2 Å². The van der Waals surface area contributed by atoms with Crippen LogP contribution in [0.3, 0.4) is 0 Å². The Morgan fingerprint density at radius 3 is 2.48 bits per heavy atom. The van der Waals surface area contributed by atoms with E-state index in [2.05, 4.69) is 10.6 Å². The Morgan fingerprint density at radius 1 is 1.03 bits per heavy atom. The van der Waals surface area contributed by atoms with Gasteiger partial charge in [-0.3, -0.25) is 9.59 Å². The molecule has 1 aliphatic carbocycles. The summed E-state index contributed by atoms with van der Waals surface area (Å²) in [5, 5.41) is 5.29. The molecule has 2 N–H and O–H groups in total. The maximum Gasteiger partial charge on any atom is 0.251 e. The van der Waals surface area contributed by atoms with Gasteiger partial charge in [-0.05, 0) is 48.7 Å². The van der Waals surface area contributed by atoms with Gasteiger partial charge in [0, 0.05) is 25.3 Å². The molecule has 3 rings (SSSR count). The maximum atomic E-state index is 12.4. The molecule has 1 fully saturated rings. The number of ether oxygens (including phenoxy) is 1. The monoisotopic (exact) mass is 473 g/mol. The van der Waals surface area contributed by atoms with Crippen LogP contribution in [0.4, 0.5) is 5.69 Å². The summed E-state index contributed by atoms with van der Waals surface area (Å²) < 4.78 is 31.6. The molecule has 0 spiro atoms. The average molecular weight is 474 g/mol. The van der Waals surface area contributed by atoms with Gasteiger partial charge in [-0.25, -0.2) is 12.7 Å². The third kappa shape index (κ3) is 7.12. The summed E-state index contributed by atoms with van der Waals surface area (Å²) in [6.07, 6.45) is 6.20. The molecule has 2 aromatic carbocycles. The molecule has 2 amide bonds. The Labute approximate surface area is 195 Å². The predicted octanol–water partition coefficient (Wildman–Crippen LogP) is 3.15. The summed E-state index contributed by atoms with van der Waals surface area (Å²) in [5.41, 5.74) is 1.76. The van der Waals surface area contributed by atoms with Crippen molar-refractivity contribution in [1.29, 1.82) is 0 Å². The minimum Gasteiger partial charge on any atom is -0.374 e. The SMILES string of the molecule is CN(C)S(=O)(=O)c1cccc(C(=O)NCC(=O)Nc2cccc(COC3CCCCC3)c2)c1. The van der Waals surface area contributed by atoms with E-state index in [0.717, 1.165) is 22.7 Å². The molecule has 0 aromatic heterocycles. The molecule has 1 saturated carbocycles. The molecular weight excluding hydrogens is 442 g/mol. The molecule has 1 aliphatic rings. The fourth-order valence-corrected chi connectivity index (χ4v) is 4.61. The molecule has 0 aliphatic heterocycles. The Hall–Kier alpha value is -2.75. The van der Waals surface area contributed by atoms with Crippen LogP contribution in [0.2, 0.25) is 0 Å². The molecule has 33 heavy (non-hydrogen) atoms. The Bertz CT molecular complexity index is 1080. The van der Waals surface area contributed by atoms with Crippen LogP contribution >= 0.6 is 0 Å². The number of nitrogens with one attached hydrogen (secondary N) is 2. The minimum absolute atomic E-state index is 0.0110. The number of benzene rings is 2.